The van der Waals surface area contributed by atoms with Gasteiger partial charge in [0.15, 0.2) is 5.78 Å². The number of nitrogens with zero attached hydrogens (tertiary/aromatic N) is 2. The highest BCUT2D eigenvalue weighted by molar-refractivity contribution is 5.83. The first kappa shape index (κ1) is 12.6. The molecular formula is C14H24N2O2. The van der Waals surface area contributed by atoms with Gasteiger partial charge in [0.25, 0.3) is 0 Å². The Bertz CT molecular complexity index is 315. The number of rotatable bonds is 3. The molecule has 3 fully saturated rings. The Morgan fingerprint density at radius 2 is 2.22 bits per heavy atom. The number of hydrogen-bond acceptors (Lipinski definition) is 4. The molecule has 102 valence electrons. The molecule has 0 amide bonds. The van der Waals surface area contributed by atoms with Gasteiger partial charge in [-0.2, -0.15) is 0 Å². The van der Waals surface area contributed by atoms with Crippen LogP contribution in [0.25, 0.3) is 0 Å². The molecule has 4 heteroatoms. The van der Waals surface area contributed by atoms with Crippen molar-refractivity contribution in [3.8, 4) is 0 Å². The predicted molar refractivity (Wildman–Crippen MR) is 69.6 cm³/mol. The number of carbonyl (C=O) groups is 1. The first-order valence-electron chi connectivity index (χ1n) is 7.32. The predicted octanol–water partition coefficient (Wildman–Crippen LogP) is 0.760. The molecule has 0 radical (unpaired) electrons. The molecule has 0 saturated carbocycles. The van der Waals surface area contributed by atoms with Gasteiger partial charge in [-0.25, -0.2) is 0 Å². The number of carbonyl (C=O) groups excluding carboxylic acids is 1. The van der Waals surface area contributed by atoms with Crippen LogP contribution in [0.4, 0.5) is 0 Å². The molecule has 18 heavy (non-hydrogen) atoms. The molecule has 0 aromatic rings. The van der Waals surface area contributed by atoms with E-state index in [4.69, 9.17) is 4.74 Å². The minimum absolute atomic E-state index is 0.166. The fraction of sp³-hybridized carbons (Fsp3) is 0.929. The monoisotopic (exact) mass is 252 g/mol. The third kappa shape index (κ3) is 2.46. The Kier molecular flexibility index (Phi) is 3.68. The maximum Gasteiger partial charge on any atom is 0.152 e. The van der Waals surface area contributed by atoms with Crippen LogP contribution in [0.3, 0.4) is 0 Å². The Morgan fingerprint density at radius 3 is 3.00 bits per heavy atom. The highest BCUT2D eigenvalue weighted by atomic mass is 16.5. The second-order valence-electron chi connectivity index (χ2n) is 6.10. The lowest BCUT2D eigenvalue weighted by Gasteiger charge is -2.42. The van der Waals surface area contributed by atoms with Gasteiger partial charge >= 0.3 is 0 Å². The maximum absolute atomic E-state index is 12.2. The van der Waals surface area contributed by atoms with Crippen molar-refractivity contribution in [1.82, 2.24) is 9.80 Å². The van der Waals surface area contributed by atoms with Crippen molar-refractivity contribution in [3.63, 3.8) is 0 Å². The van der Waals surface area contributed by atoms with Crippen LogP contribution in [0.1, 0.15) is 26.2 Å². The topological polar surface area (TPSA) is 32.8 Å². The van der Waals surface area contributed by atoms with E-state index in [9.17, 15) is 4.79 Å². The summed E-state index contributed by atoms with van der Waals surface area (Å²) >= 11 is 0. The van der Waals surface area contributed by atoms with E-state index in [1.807, 2.05) is 0 Å². The van der Waals surface area contributed by atoms with Crippen LogP contribution in [-0.2, 0) is 9.53 Å². The van der Waals surface area contributed by atoms with E-state index in [0.717, 1.165) is 26.1 Å². The average molecular weight is 252 g/mol. The molecule has 3 rings (SSSR count). The van der Waals surface area contributed by atoms with Crippen LogP contribution < -0.4 is 0 Å². The van der Waals surface area contributed by atoms with Crippen LogP contribution in [0.15, 0.2) is 0 Å². The van der Waals surface area contributed by atoms with Gasteiger partial charge in [0.2, 0.25) is 0 Å². The normalized spacial score (nSPS) is 37.9. The first-order valence-corrected chi connectivity index (χ1v) is 7.32. The van der Waals surface area contributed by atoms with Gasteiger partial charge in [0, 0.05) is 37.7 Å². The van der Waals surface area contributed by atoms with E-state index in [1.54, 1.807) is 0 Å². The van der Waals surface area contributed by atoms with Crippen molar-refractivity contribution in [2.45, 2.75) is 38.3 Å². The van der Waals surface area contributed by atoms with Crippen LogP contribution in [0.2, 0.25) is 0 Å². The van der Waals surface area contributed by atoms with Gasteiger partial charge < -0.3 is 4.74 Å². The minimum atomic E-state index is 0.166. The highest BCUT2D eigenvalue weighted by Gasteiger charge is 2.36. The number of ketones is 1. The van der Waals surface area contributed by atoms with E-state index >= 15 is 0 Å². The molecule has 3 saturated heterocycles. The summed E-state index contributed by atoms with van der Waals surface area (Å²) in [5.41, 5.74) is 0. The summed E-state index contributed by atoms with van der Waals surface area (Å²) in [7, 11) is 0. The number of fused-ring (bicyclic) bond motifs is 1. The lowest BCUT2D eigenvalue weighted by atomic mass is 10.0. The van der Waals surface area contributed by atoms with Crippen LogP contribution in [0, 0.1) is 5.92 Å². The molecule has 0 N–H and O–H groups in total. The highest BCUT2D eigenvalue weighted by Crippen LogP contribution is 2.25. The van der Waals surface area contributed by atoms with Gasteiger partial charge in [-0.15, -0.1) is 0 Å². The summed E-state index contributed by atoms with van der Waals surface area (Å²) in [5.74, 6) is 0.560. The van der Waals surface area contributed by atoms with E-state index in [1.165, 1.54) is 19.4 Å². The summed E-state index contributed by atoms with van der Waals surface area (Å²) in [6.45, 7) is 7.79. The van der Waals surface area contributed by atoms with Gasteiger partial charge in [-0.1, -0.05) is 0 Å². The smallest absolute Gasteiger partial charge is 0.152 e. The molecule has 0 aromatic carbocycles. The summed E-state index contributed by atoms with van der Waals surface area (Å²) in [4.78, 5) is 17.2. The zero-order chi connectivity index (χ0) is 12.5. The molecule has 3 heterocycles. The fourth-order valence-corrected chi connectivity index (χ4v) is 3.59. The summed E-state index contributed by atoms with van der Waals surface area (Å²) < 4.78 is 5.32. The van der Waals surface area contributed by atoms with Crippen LogP contribution >= 0.6 is 0 Å². The standard InChI is InChI=1S/C14H24N2O2/c1-11-7-15-5-2-3-13(15)8-16(11)9-14(17)12-4-6-18-10-12/h11-13H,2-10H2,1H3. The van der Waals surface area contributed by atoms with E-state index < -0.39 is 0 Å². The fourth-order valence-electron chi connectivity index (χ4n) is 3.59. The number of piperazine rings is 1. The molecule has 3 aliphatic rings. The molecule has 4 nitrogen and oxygen atoms in total. The van der Waals surface area contributed by atoms with Crippen molar-refractivity contribution < 1.29 is 9.53 Å². The Morgan fingerprint density at radius 1 is 1.33 bits per heavy atom. The number of ether oxygens (including phenoxy) is 1. The molecular weight excluding hydrogens is 228 g/mol. The zero-order valence-corrected chi connectivity index (χ0v) is 11.3. The average Bonchev–Trinajstić information content (AvgIpc) is 2.98. The van der Waals surface area contributed by atoms with E-state index in [-0.39, 0.29) is 5.92 Å². The molecule has 0 spiro atoms. The first-order chi connectivity index (χ1) is 8.74. The lowest BCUT2D eigenvalue weighted by Crippen LogP contribution is -2.56. The van der Waals surface area contributed by atoms with Gasteiger partial charge in [0.1, 0.15) is 0 Å². The van der Waals surface area contributed by atoms with E-state index in [2.05, 4.69) is 16.7 Å². The lowest BCUT2D eigenvalue weighted by molar-refractivity contribution is -0.125. The summed E-state index contributed by atoms with van der Waals surface area (Å²) in [6.07, 6.45) is 3.57. The van der Waals surface area contributed by atoms with Crippen LogP contribution in [-0.4, -0.2) is 67.1 Å². The molecule has 3 unspecified atom stereocenters. The Balaban J connectivity index is 1.56. The van der Waals surface area contributed by atoms with E-state index in [0.29, 0.717) is 31.0 Å². The zero-order valence-electron chi connectivity index (χ0n) is 11.3. The SMILES string of the molecule is CC1CN2CCCC2CN1CC(=O)C1CCOC1. The van der Waals surface area contributed by atoms with Gasteiger partial charge in [-0.3, -0.25) is 14.6 Å². The Labute approximate surface area is 109 Å². The second-order valence-corrected chi connectivity index (χ2v) is 6.10. The summed E-state index contributed by atoms with van der Waals surface area (Å²) in [5, 5.41) is 0. The molecule has 0 bridgehead atoms. The van der Waals surface area contributed by atoms with Crippen LogP contribution in [0.5, 0.6) is 0 Å². The third-order valence-corrected chi connectivity index (χ3v) is 4.81. The largest absolute Gasteiger partial charge is 0.381 e. The molecule has 3 atom stereocenters. The van der Waals surface area contributed by atoms with Crippen molar-refractivity contribution in [2.75, 3.05) is 39.4 Å². The quantitative estimate of drug-likeness (QED) is 0.742. The van der Waals surface area contributed by atoms with Crippen molar-refractivity contribution >= 4 is 5.78 Å². The second kappa shape index (κ2) is 5.27. The van der Waals surface area contributed by atoms with Crippen molar-refractivity contribution in [1.29, 1.82) is 0 Å². The molecule has 0 aliphatic carbocycles. The maximum atomic E-state index is 12.2. The van der Waals surface area contributed by atoms with Crippen molar-refractivity contribution in [3.05, 3.63) is 0 Å². The number of hydrogen-bond donors (Lipinski definition) is 0. The van der Waals surface area contributed by atoms with Gasteiger partial charge in [-0.05, 0) is 32.7 Å². The molecule has 3 aliphatic heterocycles. The van der Waals surface area contributed by atoms with Gasteiger partial charge in [0.05, 0.1) is 13.2 Å². The summed E-state index contributed by atoms with van der Waals surface area (Å²) in [6, 6.07) is 1.22. The molecule has 0 aromatic heterocycles. The minimum Gasteiger partial charge on any atom is -0.381 e. The van der Waals surface area contributed by atoms with Crippen molar-refractivity contribution in [2.24, 2.45) is 5.92 Å². The Hall–Kier alpha value is -0.450. The third-order valence-electron chi connectivity index (χ3n) is 4.81. The number of Topliss-reactive ketones (excluding diaryl/α,β-unsaturated/α-hetero) is 1.